The Bertz CT molecular complexity index is 267. The van der Waals surface area contributed by atoms with Gasteiger partial charge in [-0.2, -0.15) is 0 Å². The van der Waals surface area contributed by atoms with Crippen LogP contribution in [0.4, 0.5) is 0 Å². The molecule has 0 radical (unpaired) electrons. The second-order valence-corrected chi connectivity index (χ2v) is 4.27. The van der Waals surface area contributed by atoms with Crippen molar-refractivity contribution in [1.82, 2.24) is 4.90 Å². The molecule has 0 aliphatic carbocycles. The second-order valence-electron chi connectivity index (χ2n) is 4.27. The molecule has 0 aromatic carbocycles. The Morgan fingerprint density at radius 3 is 2.62 bits per heavy atom. The molecule has 1 saturated heterocycles. The van der Waals surface area contributed by atoms with Crippen LogP contribution in [0.5, 0.6) is 0 Å². The Balaban J connectivity index is 2.27. The van der Waals surface area contributed by atoms with Crippen molar-refractivity contribution in [1.29, 1.82) is 0 Å². The summed E-state index contributed by atoms with van der Waals surface area (Å²) in [6.07, 6.45) is 2.09. The monoisotopic (exact) mass is 229 g/mol. The molecule has 1 fully saturated rings. The van der Waals surface area contributed by atoms with Gasteiger partial charge in [-0.05, 0) is 26.2 Å². The number of hydrogen-bond acceptors (Lipinski definition) is 3. The van der Waals surface area contributed by atoms with E-state index in [0.29, 0.717) is 13.0 Å². The number of aliphatic carboxylic acids is 1. The fourth-order valence-corrected chi connectivity index (χ4v) is 1.81. The molecule has 0 aromatic rings. The number of carbonyl (C=O) groups is 2. The maximum Gasteiger partial charge on any atom is 0.303 e. The van der Waals surface area contributed by atoms with E-state index in [9.17, 15) is 9.59 Å². The highest BCUT2D eigenvalue weighted by molar-refractivity contribution is 5.81. The molecule has 2 unspecified atom stereocenters. The first-order valence-electron chi connectivity index (χ1n) is 5.63. The van der Waals surface area contributed by atoms with Crippen LogP contribution < -0.4 is 0 Å². The van der Waals surface area contributed by atoms with E-state index in [-0.39, 0.29) is 24.5 Å². The largest absolute Gasteiger partial charge is 0.481 e. The van der Waals surface area contributed by atoms with Gasteiger partial charge in [-0.25, -0.2) is 0 Å². The highest BCUT2D eigenvalue weighted by atomic mass is 16.5. The van der Waals surface area contributed by atoms with Crippen LogP contribution in [0, 0.1) is 0 Å². The van der Waals surface area contributed by atoms with Gasteiger partial charge in [0.25, 0.3) is 5.91 Å². The maximum atomic E-state index is 11.8. The number of amides is 1. The molecule has 0 spiro atoms. The van der Waals surface area contributed by atoms with Crippen molar-refractivity contribution in [2.24, 2.45) is 0 Å². The Kier molecular flexibility index (Phi) is 4.73. The first-order chi connectivity index (χ1) is 7.50. The number of ether oxygens (including phenoxy) is 1. The van der Waals surface area contributed by atoms with Gasteiger partial charge in [-0.3, -0.25) is 9.59 Å². The molecule has 0 bridgehead atoms. The molecule has 0 saturated carbocycles. The summed E-state index contributed by atoms with van der Waals surface area (Å²) in [6.45, 7) is 2.43. The highest BCUT2D eigenvalue weighted by Gasteiger charge is 2.29. The van der Waals surface area contributed by atoms with Crippen molar-refractivity contribution in [2.45, 2.75) is 44.8 Å². The molecule has 1 aliphatic rings. The van der Waals surface area contributed by atoms with Crippen molar-refractivity contribution < 1.29 is 19.4 Å². The van der Waals surface area contributed by atoms with Crippen molar-refractivity contribution in [3.8, 4) is 0 Å². The predicted molar refractivity (Wildman–Crippen MR) is 58.1 cm³/mol. The third-order valence-electron chi connectivity index (χ3n) is 2.77. The van der Waals surface area contributed by atoms with Crippen LogP contribution in [0.1, 0.15) is 32.6 Å². The third-order valence-corrected chi connectivity index (χ3v) is 2.77. The lowest BCUT2D eigenvalue weighted by molar-refractivity contribution is -0.142. The van der Waals surface area contributed by atoms with Crippen LogP contribution in [-0.2, 0) is 14.3 Å². The summed E-state index contributed by atoms with van der Waals surface area (Å²) < 4.78 is 5.46. The zero-order valence-corrected chi connectivity index (χ0v) is 9.81. The lowest BCUT2D eigenvalue weighted by atomic mass is 10.2. The van der Waals surface area contributed by atoms with Crippen LogP contribution in [0.25, 0.3) is 0 Å². The zero-order chi connectivity index (χ0) is 12.1. The lowest BCUT2D eigenvalue weighted by Gasteiger charge is -2.20. The average molecular weight is 229 g/mol. The Labute approximate surface area is 95.4 Å². The molecule has 5 heteroatoms. The summed E-state index contributed by atoms with van der Waals surface area (Å²) in [4.78, 5) is 23.7. The molecule has 5 nitrogen and oxygen atoms in total. The standard InChI is InChI=1S/C11H19NO4/c1-8-5-6-9(16-8)11(15)12(2)7-3-4-10(13)14/h8-9H,3-7H2,1-2H3,(H,13,14). The van der Waals surface area contributed by atoms with Crippen LogP contribution in [0.3, 0.4) is 0 Å². The molecule has 1 heterocycles. The summed E-state index contributed by atoms with van der Waals surface area (Å²) in [5.74, 6) is -0.860. The molecule has 1 rings (SSSR count). The number of nitrogens with zero attached hydrogens (tertiary/aromatic N) is 1. The van der Waals surface area contributed by atoms with Gasteiger partial charge in [0.1, 0.15) is 6.10 Å². The number of carbonyl (C=O) groups excluding carboxylic acids is 1. The summed E-state index contributed by atoms with van der Waals surface area (Å²) >= 11 is 0. The van der Waals surface area contributed by atoms with E-state index in [0.717, 1.165) is 12.8 Å². The van der Waals surface area contributed by atoms with Gasteiger partial charge in [0.15, 0.2) is 0 Å². The molecule has 1 amide bonds. The smallest absolute Gasteiger partial charge is 0.303 e. The van der Waals surface area contributed by atoms with Crippen molar-refractivity contribution in [3.63, 3.8) is 0 Å². The first kappa shape index (κ1) is 13.0. The van der Waals surface area contributed by atoms with E-state index in [4.69, 9.17) is 9.84 Å². The van der Waals surface area contributed by atoms with Crippen LogP contribution in [0.15, 0.2) is 0 Å². The highest BCUT2D eigenvalue weighted by Crippen LogP contribution is 2.20. The third kappa shape index (κ3) is 3.81. The summed E-state index contributed by atoms with van der Waals surface area (Å²) in [7, 11) is 1.69. The molecule has 16 heavy (non-hydrogen) atoms. The molecular weight excluding hydrogens is 210 g/mol. The van der Waals surface area contributed by atoms with Gasteiger partial charge in [-0.15, -0.1) is 0 Å². The summed E-state index contributed by atoms with van der Waals surface area (Å²) in [5, 5.41) is 8.48. The van der Waals surface area contributed by atoms with Gasteiger partial charge in [0.05, 0.1) is 6.10 Å². The van der Waals surface area contributed by atoms with Crippen molar-refractivity contribution >= 4 is 11.9 Å². The minimum atomic E-state index is -0.827. The van der Waals surface area contributed by atoms with E-state index < -0.39 is 5.97 Å². The molecule has 1 aliphatic heterocycles. The minimum absolute atomic E-state index is 0.0326. The Morgan fingerprint density at radius 2 is 2.12 bits per heavy atom. The molecular formula is C11H19NO4. The maximum absolute atomic E-state index is 11.8. The van der Waals surface area contributed by atoms with Gasteiger partial charge in [0, 0.05) is 20.0 Å². The number of hydrogen-bond donors (Lipinski definition) is 1. The van der Waals surface area contributed by atoms with Crippen LogP contribution in [0.2, 0.25) is 0 Å². The minimum Gasteiger partial charge on any atom is -0.481 e. The first-order valence-corrected chi connectivity index (χ1v) is 5.63. The quantitative estimate of drug-likeness (QED) is 0.759. The predicted octanol–water partition coefficient (Wildman–Crippen LogP) is 0.877. The number of rotatable bonds is 5. The van der Waals surface area contributed by atoms with Gasteiger partial charge in [0.2, 0.25) is 0 Å². The van der Waals surface area contributed by atoms with E-state index in [1.165, 1.54) is 0 Å². The summed E-state index contributed by atoms with van der Waals surface area (Å²) in [5.41, 5.74) is 0. The van der Waals surface area contributed by atoms with Gasteiger partial charge in [-0.1, -0.05) is 0 Å². The Morgan fingerprint density at radius 1 is 1.44 bits per heavy atom. The number of likely N-dealkylation sites (N-methyl/N-ethyl adjacent to an activating group) is 1. The van der Waals surface area contributed by atoms with Gasteiger partial charge >= 0.3 is 5.97 Å². The SMILES string of the molecule is CC1CCC(C(=O)N(C)CCCC(=O)O)O1. The van der Waals surface area contributed by atoms with Crippen molar-refractivity contribution in [3.05, 3.63) is 0 Å². The average Bonchev–Trinajstić information content (AvgIpc) is 2.63. The Hall–Kier alpha value is -1.10. The molecule has 92 valence electrons. The van der Waals surface area contributed by atoms with E-state index in [1.807, 2.05) is 6.92 Å². The lowest BCUT2D eigenvalue weighted by Crippen LogP contribution is -2.37. The molecule has 2 atom stereocenters. The molecule has 1 N–H and O–H groups in total. The summed E-state index contributed by atoms with van der Waals surface area (Å²) in [6, 6.07) is 0. The topological polar surface area (TPSA) is 66.8 Å². The van der Waals surface area contributed by atoms with Crippen LogP contribution in [-0.4, -0.2) is 47.7 Å². The number of carboxylic acids is 1. The fraction of sp³-hybridized carbons (Fsp3) is 0.818. The van der Waals surface area contributed by atoms with Crippen molar-refractivity contribution in [2.75, 3.05) is 13.6 Å². The van der Waals surface area contributed by atoms with E-state index in [1.54, 1.807) is 11.9 Å². The normalized spacial score (nSPS) is 24.4. The van der Waals surface area contributed by atoms with Gasteiger partial charge < -0.3 is 14.7 Å². The fourth-order valence-electron chi connectivity index (χ4n) is 1.81. The van der Waals surface area contributed by atoms with E-state index >= 15 is 0 Å². The zero-order valence-electron chi connectivity index (χ0n) is 9.81. The van der Waals surface area contributed by atoms with E-state index in [2.05, 4.69) is 0 Å². The number of carboxylic acid groups (broad SMARTS) is 1. The van der Waals surface area contributed by atoms with Crippen LogP contribution >= 0.6 is 0 Å². The molecule has 0 aromatic heterocycles. The second kappa shape index (κ2) is 5.84.